The molecule has 0 aliphatic carbocycles. The smallest absolute Gasteiger partial charge is 0.409 e. The molecule has 188 valence electrons. The molecule has 10 heteroatoms. The molecular formula is C25H32N4O5S. The maximum atomic E-state index is 12.8. The molecular weight excluding hydrogens is 468 g/mol. The molecule has 1 N–H and O–H groups in total. The Kier molecular flexibility index (Phi) is 10.2. The van der Waals surface area contributed by atoms with Crippen LogP contribution in [-0.2, 0) is 14.3 Å². The van der Waals surface area contributed by atoms with Crippen molar-refractivity contribution in [3.8, 4) is 11.3 Å². The van der Waals surface area contributed by atoms with E-state index in [1.54, 1.807) is 16.9 Å². The lowest BCUT2D eigenvalue weighted by Crippen LogP contribution is -2.52. The number of unbranched alkanes of at least 4 members (excludes halogenated alkanes) is 1. The monoisotopic (exact) mass is 500 g/mol. The first-order valence-electron chi connectivity index (χ1n) is 11.7. The molecule has 0 radical (unpaired) electrons. The summed E-state index contributed by atoms with van der Waals surface area (Å²) in [6.45, 7) is 4.40. The summed E-state index contributed by atoms with van der Waals surface area (Å²) < 4.78 is 10.3. The number of hydrogen-bond donors (Lipinski definition) is 1. The van der Waals surface area contributed by atoms with Crippen molar-refractivity contribution < 1.29 is 23.9 Å². The zero-order valence-corrected chi connectivity index (χ0v) is 21.0. The van der Waals surface area contributed by atoms with E-state index in [0.717, 1.165) is 23.3 Å². The van der Waals surface area contributed by atoms with Crippen LogP contribution in [0.4, 0.5) is 4.79 Å². The minimum Gasteiger partial charge on any atom is -0.449 e. The van der Waals surface area contributed by atoms with Gasteiger partial charge in [-0.3, -0.25) is 9.59 Å². The summed E-state index contributed by atoms with van der Waals surface area (Å²) in [6, 6.07) is 9.63. The molecule has 9 nitrogen and oxygen atoms in total. The van der Waals surface area contributed by atoms with Gasteiger partial charge < -0.3 is 24.6 Å². The molecule has 1 fully saturated rings. The van der Waals surface area contributed by atoms with Gasteiger partial charge in [-0.2, -0.15) is 0 Å². The van der Waals surface area contributed by atoms with Gasteiger partial charge in [-0.1, -0.05) is 49.8 Å². The van der Waals surface area contributed by atoms with Crippen LogP contribution in [0.5, 0.6) is 0 Å². The maximum Gasteiger partial charge on any atom is 0.409 e. The highest BCUT2D eigenvalue weighted by molar-refractivity contribution is 7.15. The molecule has 1 aliphatic heterocycles. The quantitative estimate of drug-likeness (QED) is 0.503. The Bertz CT molecular complexity index is 1020. The van der Waals surface area contributed by atoms with E-state index in [2.05, 4.69) is 10.3 Å². The molecule has 0 saturated carbocycles. The van der Waals surface area contributed by atoms with E-state index in [1.807, 2.05) is 49.4 Å². The van der Waals surface area contributed by atoms with Gasteiger partial charge in [0.2, 0.25) is 5.91 Å². The van der Waals surface area contributed by atoms with E-state index in [1.165, 1.54) is 11.3 Å². The average molecular weight is 501 g/mol. The Balaban J connectivity index is 1.55. The summed E-state index contributed by atoms with van der Waals surface area (Å²) in [5, 5.41) is 2.97. The number of ether oxygens (including phenoxy) is 2. The molecule has 1 saturated heterocycles. The Hall–Kier alpha value is -3.24. The van der Waals surface area contributed by atoms with Gasteiger partial charge in [0, 0.05) is 38.9 Å². The van der Waals surface area contributed by atoms with Gasteiger partial charge in [0.05, 0.1) is 30.3 Å². The zero-order valence-electron chi connectivity index (χ0n) is 20.2. The van der Waals surface area contributed by atoms with E-state index in [0.29, 0.717) is 45.1 Å². The van der Waals surface area contributed by atoms with Crippen LogP contribution in [0.1, 0.15) is 34.4 Å². The molecule has 0 bridgehead atoms. The number of rotatable bonds is 10. The highest BCUT2D eigenvalue weighted by Gasteiger charge is 2.25. The number of methoxy groups -OCH3 is 1. The van der Waals surface area contributed by atoms with Gasteiger partial charge in [0.15, 0.2) is 5.01 Å². The Morgan fingerprint density at radius 1 is 1.11 bits per heavy atom. The van der Waals surface area contributed by atoms with Gasteiger partial charge in [-0.25, -0.2) is 9.78 Å². The third-order valence-corrected chi connectivity index (χ3v) is 6.46. The van der Waals surface area contributed by atoms with E-state index < -0.39 is 5.91 Å². The standard InChI is InChI=1S/C25H32N4O5S/c1-3-4-17-34-25(32)29-14-12-28(13-15-29)21(30)18-26-23(31)24-27-22(19-9-6-5-7-10-19)20(35-24)11-8-16-33-2/h5-11H,3-4,12-18H2,1-2H3,(H,26,31). The number of carbonyl (C=O) groups excluding carboxylic acids is 3. The molecule has 1 aliphatic rings. The van der Waals surface area contributed by atoms with Crippen LogP contribution in [0.15, 0.2) is 36.4 Å². The molecule has 0 atom stereocenters. The molecule has 35 heavy (non-hydrogen) atoms. The molecule has 1 aromatic heterocycles. The minimum absolute atomic E-state index is 0.130. The normalized spacial score (nSPS) is 13.8. The number of amides is 3. The summed E-state index contributed by atoms with van der Waals surface area (Å²) in [5.41, 5.74) is 1.61. The topological polar surface area (TPSA) is 101 Å². The summed E-state index contributed by atoms with van der Waals surface area (Å²) in [6.07, 6.45) is 5.21. The second-order valence-electron chi connectivity index (χ2n) is 7.97. The van der Waals surface area contributed by atoms with Crippen LogP contribution >= 0.6 is 11.3 Å². The van der Waals surface area contributed by atoms with Crippen LogP contribution in [0.3, 0.4) is 0 Å². The molecule has 1 aromatic carbocycles. The van der Waals surface area contributed by atoms with Gasteiger partial charge in [0.1, 0.15) is 0 Å². The lowest BCUT2D eigenvalue weighted by Gasteiger charge is -2.34. The van der Waals surface area contributed by atoms with E-state index in [4.69, 9.17) is 9.47 Å². The predicted molar refractivity (Wildman–Crippen MR) is 135 cm³/mol. The van der Waals surface area contributed by atoms with Crippen molar-refractivity contribution in [3.05, 3.63) is 46.3 Å². The largest absolute Gasteiger partial charge is 0.449 e. The van der Waals surface area contributed by atoms with E-state index >= 15 is 0 Å². The fourth-order valence-corrected chi connectivity index (χ4v) is 4.41. The first-order valence-corrected chi connectivity index (χ1v) is 12.5. The second kappa shape index (κ2) is 13.6. The van der Waals surface area contributed by atoms with Crippen LogP contribution in [0.25, 0.3) is 17.3 Å². The van der Waals surface area contributed by atoms with Crippen LogP contribution in [0.2, 0.25) is 0 Å². The Morgan fingerprint density at radius 3 is 2.51 bits per heavy atom. The number of nitrogens with zero attached hydrogens (tertiary/aromatic N) is 3. The van der Waals surface area contributed by atoms with Crippen LogP contribution < -0.4 is 5.32 Å². The highest BCUT2D eigenvalue weighted by atomic mass is 32.1. The first-order chi connectivity index (χ1) is 17.0. The predicted octanol–water partition coefficient (Wildman–Crippen LogP) is 3.28. The maximum absolute atomic E-state index is 12.8. The summed E-state index contributed by atoms with van der Waals surface area (Å²) in [7, 11) is 1.62. The first kappa shape index (κ1) is 26.4. The number of nitrogens with one attached hydrogen (secondary N) is 1. The lowest BCUT2D eigenvalue weighted by atomic mass is 10.1. The third kappa shape index (κ3) is 7.63. The molecule has 0 unspecified atom stereocenters. The molecule has 3 rings (SSSR count). The number of aromatic nitrogens is 1. The summed E-state index contributed by atoms with van der Waals surface area (Å²) in [5.74, 6) is -0.595. The van der Waals surface area contributed by atoms with Crippen molar-refractivity contribution in [2.75, 3.05) is 53.0 Å². The van der Waals surface area contributed by atoms with Crippen molar-refractivity contribution in [2.45, 2.75) is 19.8 Å². The highest BCUT2D eigenvalue weighted by Crippen LogP contribution is 2.29. The third-order valence-electron chi connectivity index (χ3n) is 5.44. The molecule has 0 spiro atoms. The number of benzene rings is 1. The molecule has 2 aromatic rings. The van der Waals surface area contributed by atoms with Gasteiger partial charge in [-0.05, 0) is 12.5 Å². The van der Waals surface area contributed by atoms with Gasteiger partial charge >= 0.3 is 6.09 Å². The summed E-state index contributed by atoms with van der Waals surface area (Å²) in [4.78, 5) is 46.1. The number of hydrogen-bond acceptors (Lipinski definition) is 7. The fourth-order valence-electron chi connectivity index (χ4n) is 3.47. The summed E-state index contributed by atoms with van der Waals surface area (Å²) >= 11 is 1.26. The fraction of sp³-hybridized carbons (Fsp3) is 0.440. The molecule has 3 amide bonds. The van der Waals surface area contributed by atoms with Crippen molar-refractivity contribution in [1.29, 1.82) is 0 Å². The SMILES string of the molecule is CCCCOC(=O)N1CCN(C(=O)CNC(=O)c2nc(-c3ccccc3)c(C=CCOC)s2)CC1. The Morgan fingerprint density at radius 2 is 1.83 bits per heavy atom. The number of piperazine rings is 1. The van der Waals surface area contributed by atoms with Crippen molar-refractivity contribution in [3.63, 3.8) is 0 Å². The average Bonchev–Trinajstić information content (AvgIpc) is 3.32. The van der Waals surface area contributed by atoms with E-state index in [9.17, 15) is 14.4 Å². The van der Waals surface area contributed by atoms with Gasteiger partial charge in [0.25, 0.3) is 5.91 Å². The number of carbonyl (C=O) groups is 3. The lowest BCUT2D eigenvalue weighted by molar-refractivity contribution is -0.131. The number of thiazole rings is 1. The van der Waals surface area contributed by atoms with Gasteiger partial charge in [-0.15, -0.1) is 11.3 Å². The van der Waals surface area contributed by atoms with Crippen molar-refractivity contribution in [1.82, 2.24) is 20.1 Å². The van der Waals surface area contributed by atoms with Crippen molar-refractivity contribution in [2.24, 2.45) is 0 Å². The molecule has 2 heterocycles. The van der Waals surface area contributed by atoms with Crippen molar-refractivity contribution >= 4 is 35.3 Å². The van der Waals surface area contributed by atoms with Crippen LogP contribution in [-0.4, -0.2) is 85.7 Å². The zero-order chi connectivity index (χ0) is 25.0. The van der Waals surface area contributed by atoms with Crippen LogP contribution in [0, 0.1) is 0 Å². The minimum atomic E-state index is -0.398. The Labute approximate surface area is 209 Å². The van der Waals surface area contributed by atoms with E-state index in [-0.39, 0.29) is 23.6 Å². The second-order valence-corrected chi connectivity index (χ2v) is 9.00.